The van der Waals surface area contributed by atoms with Crippen molar-refractivity contribution in [1.29, 1.82) is 0 Å². The number of para-hydroxylation sites is 1. The second-order valence-corrected chi connectivity index (χ2v) is 8.36. The Morgan fingerprint density at radius 2 is 1.88 bits per heavy atom. The van der Waals surface area contributed by atoms with Gasteiger partial charge in [0.15, 0.2) is 0 Å². The first-order chi connectivity index (χ1) is 16.4. The third-order valence-electron chi connectivity index (χ3n) is 5.97. The van der Waals surface area contributed by atoms with Crippen LogP contribution in [-0.2, 0) is 20.8 Å². The highest BCUT2D eigenvalue weighted by Gasteiger charge is 2.30. The molecular formula is C25H25FN4O4. The van der Waals surface area contributed by atoms with Gasteiger partial charge in [-0.25, -0.2) is 4.39 Å². The van der Waals surface area contributed by atoms with Crippen LogP contribution in [0.4, 0.5) is 4.39 Å². The molecule has 1 saturated heterocycles. The molecule has 1 aromatic heterocycles. The van der Waals surface area contributed by atoms with Gasteiger partial charge >= 0.3 is 0 Å². The van der Waals surface area contributed by atoms with Crippen LogP contribution in [-0.4, -0.2) is 47.6 Å². The van der Waals surface area contributed by atoms with E-state index in [0.717, 1.165) is 10.9 Å². The molecule has 4 rings (SSSR count). The summed E-state index contributed by atoms with van der Waals surface area (Å²) in [6.07, 6.45) is 1.20. The number of carbonyl (C=O) groups is 4. The van der Waals surface area contributed by atoms with Crippen LogP contribution in [0.15, 0.2) is 54.6 Å². The molecule has 8 nitrogen and oxygen atoms in total. The van der Waals surface area contributed by atoms with E-state index < -0.39 is 29.7 Å². The zero-order valence-electron chi connectivity index (χ0n) is 18.3. The molecule has 34 heavy (non-hydrogen) atoms. The van der Waals surface area contributed by atoms with Crippen molar-refractivity contribution in [2.45, 2.75) is 31.3 Å². The zero-order valence-corrected chi connectivity index (χ0v) is 18.3. The van der Waals surface area contributed by atoms with E-state index in [1.807, 2.05) is 24.3 Å². The Kier molecular flexibility index (Phi) is 7.01. The Labute approximate surface area is 195 Å². The van der Waals surface area contributed by atoms with Crippen LogP contribution in [0.2, 0.25) is 0 Å². The Balaban J connectivity index is 1.52. The standard InChI is InChI=1S/C25H25FN4O4/c26-19-7-3-1-5-15(19)12-22(24(33)28-18(14-31)11-17-9-10-27-23(17)32)30-25(34)21-13-16-6-2-4-8-20(16)29-21/h1-8,13-14,17-18,22,29H,9-12H2,(H,27,32)(H,28,33)(H,30,34)/t17-,18-,22-/m0/s1. The number of halogens is 1. The Morgan fingerprint density at radius 3 is 2.59 bits per heavy atom. The van der Waals surface area contributed by atoms with E-state index >= 15 is 0 Å². The lowest BCUT2D eigenvalue weighted by Crippen LogP contribution is -2.51. The van der Waals surface area contributed by atoms with Crippen molar-refractivity contribution in [3.63, 3.8) is 0 Å². The van der Waals surface area contributed by atoms with Gasteiger partial charge in [0.2, 0.25) is 11.8 Å². The van der Waals surface area contributed by atoms with E-state index in [-0.39, 0.29) is 35.9 Å². The molecule has 3 amide bonds. The Bertz CT molecular complexity index is 1190. The third-order valence-corrected chi connectivity index (χ3v) is 5.97. The van der Waals surface area contributed by atoms with E-state index in [9.17, 15) is 23.6 Å². The molecule has 0 aliphatic carbocycles. The summed E-state index contributed by atoms with van der Waals surface area (Å²) in [6.45, 7) is 0.527. The molecule has 1 aliphatic rings. The number of nitrogens with one attached hydrogen (secondary N) is 4. The van der Waals surface area contributed by atoms with Crippen molar-refractivity contribution in [2.24, 2.45) is 5.92 Å². The molecule has 2 heterocycles. The zero-order chi connectivity index (χ0) is 24.1. The van der Waals surface area contributed by atoms with Gasteiger partial charge in [-0.15, -0.1) is 0 Å². The number of benzene rings is 2. The molecule has 0 radical (unpaired) electrons. The smallest absolute Gasteiger partial charge is 0.268 e. The first-order valence-corrected chi connectivity index (χ1v) is 11.1. The fourth-order valence-corrected chi connectivity index (χ4v) is 4.13. The van der Waals surface area contributed by atoms with Crippen molar-refractivity contribution in [1.82, 2.24) is 20.9 Å². The molecule has 1 aliphatic heterocycles. The third kappa shape index (κ3) is 5.31. The molecule has 0 saturated carbocycles. The lowest BCUT2D eigenvalue weighted by molar-refractivity contribution is -0.127. The minimum atomic E-state index is -1.14. The molecule has 2 aromatic carbocycles. The number of aromatic nitrogens is 1. The summed E-state index contributed by atoms with van der Waals surface area (Å²) in [5.41, 5.74) is 1.26. The SMILES string of the molecule is O=C[C@H](C[C@@H]1CCNC1=O)NC(=O)[C@H](Cc1ccccc1F)NC(=O)c1cc2ccccc2[nH]1. The summed E-state index contributed by atoms with van der Waals surface area (Å²) in [5.74, 6) is -2.21. The average Bonchev–Trinajstić information content (AvgIpc) is 3.45. The molecule has 0 spiro atoms. The van der Waals surface area contributed by atoms with Gasteiger partial charge in [-0.2, -0.15) is 0 Å². The normalized spacial score (nSPS) is 17.1. The number of hydrogen-bond acceptors (Lipinski definition) is 4. The van der Waals surface area contributed by atoms with Crippen molar-refractivity contribution < 1.29 is 23.6 Å². The van der Waals surface area contributed by atoms with Gasteiger partial charge in [-0.1, -0.05) is 36.4 Å². The summed E-state index contributed by atoms with van der Waals surface area (Å²) in [7, 11) is 0. The number of H-pyrrole nitrogens is 1. The van der Waals surface area contributed by atoms with Crippen LogP contribution < -0.4 is 16.0 Å². The first-order valence-electron chi connectivity index (χ1n) is 11.1. The van der Waals surface area contributed by atoms with Crippen LogP contribution in [0, 0.1) is 11.7 Å². The maximum absolute atomic E-state index is 14.3. The predicted molar refractivity (Wildman–Crippen MR) is 123 cm³/mol. The van der Waals surface area contributed by atoms with Crippen LogP contribution in [0.3, 0.4) is 0 Å². The number of amides is 3. The van der Waals surface area contributed by atoms with Crippen LogP contribution in [0.1, 0.15) is 28.9 Å². The largest absolute Gasteiger partial charge is 0.356 e. The number of rotatable bonds is 9. The maximum Gasteiger partial charge on any atom is 0.268 e. The topological polar surface area (TPSA) is 120 Å². The highest BCUT2D eigenvalue weighted by molar-refractivity contribution is 6.00. The van der Waals surface area contributed by atoms with Gasteiger partial charge in [-0.3, -0.25) is 14.4 Å². The lowest BCUT2D eigenvalue weighted by atomic mass is 9.98. The summed E-state index contributed by atoms with van der Waals surface area (Å²) in [6, 6.07) is 12.9. The highest BCUT2D eigenvalue weighted by atomic mass is 19.1. The van der Waals surface area contributed by atoms with Crippen LogP contribution in [0.25, 0.3) is 10.9 Å². The van der Waals surface area contributed by atoms with E-state index in [2.05, 4.69) is 20.9 Å². The number of fused-ring (bicyclic) bond motifs is 1. The van der Waals surface area contributed by atoms with Gasteiger partial charge in [0.25, 0.3) is 5.91 Å². The lowest BCUT2D eigenvalue weighted by Gasteiger charge is -2.22. The number of hydrogen-bond donors (Lipinski definition) is 4. The highest BCUT2D eigenvalue weighted by Crippen LogP contribution is 2.17. The van der Waals surface area contributed by atoms with Crippen molar-refractivity contribution in [2.75, 3.05) is 6.54 Å². The fraction of sp³-hybridized carbons (Fsp3) is 0.280. The van der Waals surface area contributed by atoms with Gasteiger partial charge in [-0.05, 0) is 36.6 Å². The monoisotopic (exact) mass is 464 g/mol. The average molecular weight is 464 g/mol. The predicted octanol–water partition coefficient (Wildman–Crippen LogP) is 1.86. The van der Waals surface area contributed by atoms with Crippen molar-refractivity contribution in [3.05, 3.63) is 71.7 Å². The maximum atomic E-state index is 14.3. The second kappa shape index (κ2) is 10.3. The summed E-state index contributed by atoms with van der Waals surface area (Å²) in [5, 5.41) is 8.79. The molecule has 3 aromatic rings. The van der Waals surface area contributed by atoms with E-state index in [0.29, 0.717) is 19.3 Å². The molecule has 1 fully saturated rings. The summed E-state index contributed by atoms with van der Waals surface area (Å²) in [4.78, 5) is 52.5. The van der Waals surface area contributed by atoms with Gasteiger partial charge in [0, 0.05) is 29.8 Å². The Morgan fingerprint density at radius 1 is 1.12 bits per heavy atom. The van der Waals surface area contributed by atoms with E-state index in [1.165, 1.54) is 18.2 Å². The van der Waals surface area contributed by atoms with E-state index in [4.69, 9.17) is 0 Å². The molecular weight excluding hydrogens is 439 g/mol. The van der Waals surface area contributed by atoms with Crippen LogP contribution >= 0.6 is 0 Å². The number of aldehydes is 1. The van der Waals surface area contributed by atoms with Gasteiger partial charge in [0.1, 0.15) is 23.8 Å². The quantitative estimate of drug-likeness (QED) is 0.361. The van der Waals surface area contributed by atoms with Gasteiger partial charge < -0.3 is 25.7 Å². The summed E-state index contributed by atoms with van der Waals surface area (Å²) < 4.78 is 14.3. The molecule has 176 valence electrons. The van der Waals surface area contributed by atoms with Crippen molar-refractivity contribution in [3.8, 4) is 0 Å². The molecule has 0 bridgehead atoms. The second-order valence-electron chi connectivity index (χ2n) is 8.36. The first kappa shape index (κ1) is 23.2. The number of carbonyl (C=O) groups excluding carboxylic acids is 4. The minimum Gasteiger partial charge on any atom is -0.356 e. The van der Waals surface area contributed by atoms with E-state index in [1.54, 1.807) is 12.1 Å². The molecule has 4 N–H and O–H groups in total. The van der Waals surface area contributed by atoms with Crippen LogP contribution in [0.5, 0.6) is 0 Å². The summed E-state index contributed by atoms with van der Waals surface area (Å²) >= 11 is 0. The Hall–Kier alpha value is -4.01. The number of aromatic amines is 1. The van der Waals surface area contributed by atoms with Gasteiger partial charge in [0.05, 0.1) is 6.04 Å². The fourth-order valence-electron chi connectivity index (χ4n) is 4.13. The van der Waals surface area contributed by atoms with Crippen molar-refractivity contribution >= 4 is 34.9 Å². The molecule has 0 unspecified atom stereocenters. The minimum absolute atomic E-state index is 0.111. The molecule has 3 atom stereocenters. The molecule has 9 heteroatoms.